The first-order valence-corrected chi connectivity index (χ1v) is 8.50. The van der Waals surface area contributed by atoms with Gasteiger partial charge in [0.25, 0.3) is 0 Å². The molecule has 1 aromatic rings. The van der Waals surface area contributed by atoms with Gasteiger partial charge >= 0.3 is 0 Å². The Labute approximate surface area is 130 Å². The first-order valence-electron chi connectivity index (χ1n) is 8.50. The van der Waals surface area contributed by atoms with Crippen molar-refractivity contribution in [2.24, 2.45) is 11.8 Å². The number of aryl methyl sites for hydroxylation is 2. The molecule has 0 spiro atoms. The Hall–Kier alpha value is -1.02. The highest BCUT2D eigenvalue weighted by atomic mass is 16.5. The highest BCUT2D eigenvalue weighted by Gasteiger charge is 2.16. The van der Waals surface area contributed by atoms with Crippen molar-refractivity contribution in [3.8, 4) is 5.75 Å². The molecule has 0 saturated heterocycles. The lowest BCUT2D eigenvalue weighted by Crippen LogP contribution is -2.19. The maximum absolute atomic E-state index is 6.13. The molecule has 1 aliphatic rings. The molecule has 0 atom stereocenters. The molecule has 21 heavy (non-hydrogen) atoms. The number of nitrogens with one attached hydrogen (secondary N) is 1. The summed E-state index contributed by atoms with van der Waals surface area (Å²) in [5, 5.41) is 3.51. The maximum atomic E-state index is 6.13. The van der Waals surface area contributed by atoms with Crippen molar-refractivity contribution in [1.29, 1.82) is 0 Å². The average molecular weight is 289 g/mol. The summed E-state index contributed by atoms with van der Waals surface area (Å²) in [6.45, 7) is 11.7. The Bertz CT molecular complexity index is 424. The molecule has 0 amide bonds. The third-order valence-electron chi connectivity index (χ3n) is 4.34. The van der Waals surface area contributed by atoms with E-state index in [0.29, 0.717) is 5.92 Å². The van der Waals surface area contributed by atoms with Crippen LogP contribution in [0.3, 0.4) is 0 Å². The van der Waals surface area contributed by atoms with Gasteiger partial charge in [0.05, 0.1) is 6.61 Å². The summed E-state index contributed by atoms with van der Waals surface area (Å²) < 4.78 is 6.13. The lowest BCUT2D eigenvalue weighted by molar-refractivity contribution is 0.249. The Morgan fingerprint density at radius 2 is 1.76 bits per heavy atom. The van der Waals surface area contributed by atoms with E-state index in [2.05, 4.69) is 45.1 Å². The molecule has 2 heteroatoms. The lowest BCUT2D eigenvalue weighted by atomic mass is 10.0. The van der Waals surface area contributed by atoms with Gasteiger partial charge in [0.2, 0.25) is 0 Å². The number of hydrogen-bond donors (Lipinski definition) is 1. The van der Waals surface area contributed by atoms with E-state index in [-0.39, 0.29) is 0 Å². The van der Waals surface area contributed by atoms with E-state index in [4.69, 9.17) is 4.74 Å². The molecule has 1 aromatic carbocycles. The van der Waals surface area contributed by atoms with E-state index < -0.39 is 0 Å². The van der Waals surface area contributed by atoms with Crippen LogP contribution < -0.4 is 10.1 Å². The largest absolute Gasteiger partial charge is 0.493 e. The Balaban J connectivity index is 1.92. The number of ether oxygens (including phenoxy) is 1. The van der Waals surface area contributed by atoms with Crippen LogP contribution in [0.15, 0.2) is 12.1 Å². The van der Waals surface area contributed by atoms with Gasteiger partial charge in [0.15, 0.2) is 0 Å². The van der Waals surface area contributed by atoms with E-state index in [1.807, 2.05) is 0 Å². The number of hydrogen-bond acceptors (Lipinski definition) is 2. The second-order valence-electron chi connectivity index (χ2n) is 7.04. The monoisotopic (exact) mass is 289 g/mol. The SMILES string of the molecule is Cc1cc(CNCC(C)C)cc(C)c1OCC1CCCC1. The van der Waals surface area contributed by atoms with Crippen LogP contribution >= 0.6 is 0 Å². The zero-order chi connectivity index (χ0) is 15.2. The van der Waals surface area contributed by atoms with Gasteiger partial charge in [-0.25, -0.2) is 0 Å². The zero-order valence-electron chi connectivity index (χ0n) is 14.2. The summed E-state index contributed by atoms with van der Waals surface area (Å²) in [5.41, 5.74) is 3.91. The molecule has 0 radical (unpaired) electrons. The van der Waals surface area contributed by atoms with Crippen molar-refractivity contribution in [2.45, 2.75) is 59.9 Å². The fourth-order valence-electron chi connectivity index (χ4n) is 3.25. The minimum atomic E-state index is 0.696. The van der Waals surface area contributed by atoms with Crippen molar-refractivity contribution in [3.05, 3.63) is 28.8 Å². The first kappa shape index (κ1) is 16.4. The molecular formula is C19H31NO. The molecule has 1 aliphatic carbocycles. The highest BCUT2D eigenvalue weighted by Crippen LogP contribution is 2.29. The van der Waals surface area contributed by atoms with Crippen molar-refractivity contribution in [3.63, 3.8) is 0 Å². The van der Waals surface area contributed by atoms with Gasteiger partial charge in [0, 0.05) is 6.54 Å². The van der Waals surface area contributed by atoms with Gasteiger partial charge in [-0.3, -0.25) is 0 Å². The second kappa shape index (κ2) is 7.84. The Morgan fingerprint density at radius 3 is 2.33 bits per heavy atom. The topological polar surface area (TPSA) is 21.3 Å². The fraction of sp³-hybridized carbons (Fsp3) is 0.684. The van der Waals surface area contributed by atoms with Crippen molar-refractivity contribution in [1.82, 2.24) is 5.32 Å². The van der Waals surface area contributed by atoms with Crippen LogP contribution in [0, 0.1) is 25.7 Å². The van der Waals surface area contributed by atoms with Crippen LogP contribution in [0.4, 0.5) is 0 Å². The van der Waals surface area contributed by atoms with Crippen molar-refractivity contribution < 1.29 is 4.74 Å². The minimum absolute atomic E-state index is 0.696. The predicted octanol–water partition coefficient (Wildman–Crippen LogP) is 4.62. The summed E-state index contributed by atoms with van der Waals surface area (Å²) in [6.07, 6.45) is 5.45. The summed E-state index contributed by atoms with van der Waals surface area (Å²) in [7, 11) is 0. The third-order valence-corrected chi connectivity index (χ3v) is 4.34. The molecule has 1 fully saturated rings. The number of rotatable bonds is 7. The summed E-state index contributed by atoms with van der Waals surface area (Å²) >= 11 is 0. The fourth-order valence-corrected chi connectivity index (χ4v) is 3.25. The molecule has 0 aliphatic heterocycles. The van der Waals surface area contributed by atoms with Crippen LogP contribution in [0.1, 0.15) is 56.2 Å². The summed E-state index contributed by atoms with van der Waals surface area (Å²) in [6, 6.07) is 4.54. The molecule has 0 unspecified atom stereocenters. The molecule has 0 bridgehead atoms. The van der Waals surface area contributed by atoms with E-state index in [1.54, 1.807) is 0 Å². The van der Waals surface area contributed by atoms with E-state index in [9.17, 15) is 0 Å². The standard InChI is InChI=1S/C19H31NO/c1-14(2)11-20-12-18-9-15(3)19(16(4)10-18)21-13-17-7-5-6-8-17/h9-10,14,17,20H,5-8,11-13H2,1-4H3. The lowest BCUT2D eigenvalue weighted by Gasteiger charge is -2.17. The van der Waals surface area contributed by atoms with E-state index >= 15 is 0 Å². The third kappa shape index (κ3) is 5.03. The zero-order valence-corrected chi connectivity index (χ0v) is 14.2. The Morgan fingerprint density at radius 1 is 1.14 bits per heavy atom. The van der Waals surface area contributed by atoms with Crippen LogP contribution in [0.2, 0.25) is 0 Å². The summed E-state index contributed by atoms with van der Waals surface area (Å²) in [4.78, 5) is 0. The van der Waals surface area contributed by atoms with Crippen LogP contribution in [-0.2, 0) is 6.54 Å². The van der Waals surface area contributed by atoms with Gasteiger partial charge in [-0.2, -0.15) is 0 Å². The smallest absolute Gasteiger partial charge is 0.125 e. The average Bonchev–Trinajstić information content (AvgIpc) is 2.90. The highest BCUT2D eigenvalue weighted by molar-refractivity contribution is 5.43. The van der Waals surface area contributed by atoms with Gasteiger partial charge < -0.3 is 10.1 Å². The van der Waals surface area contributed by atoms with Crippen LogP contribution in [0.25, 0.3) is 0 Å². The predicted molar refractivity (Wildman–Crippen MR) is 89.9 cm³/mol. The quantitative estimate of drug-likeness (QED) is 0.791. The molecule has 1 saturated carbocycles. The van der Waals surface area contributed by atoms with Crippen molar-refractivity contribution >= 4 is 0 Å². The maximum Gasteiger partial charge on any atom is 0.125 e. The molecule has 2 rings (SSSR count). The normalized spacial score (nSPS) is 15.9. The van der Waals surface area contributed by atoms with Gasteiger partial charge in [-0.1, -0.05) is 38.8 Å². The molecular weight excluding hydrogens is 258 g/mol. The first-order chi connectivity index (χ1) is 10.1. The summed E-state index contributed by atoms with van der Waals surface area (Å²) in [5.74, 6) is 2.58. The van der Waals surface area contributed by atoms with Gasteiger partial charge in [-0.15, -0.1) is 0 Å². The number of benzene rings is 1. The second-order valence-corrected chi connectivity index (χ2v) is 7.04. The molecule has 118 valence electrons. The molecule has 0 aromatic heterocycles. The van der Waals surface area contributed by atoms with Gasteiger partial charge in [-0.05, 0) is 61.8 Å². The van der Waals surface area contributed by atoms with Crippen molar-refractivity contribution in [2.75, 3.05) is 13.2 Å². The van der Waals surface area contributed by atoms with E-state index in [1.165, 1.54) is 42.4 Å². The molecule has 1 N–H and O–H groups in total. The van der Waals surface area contributed by atoms with Crippen LogP contribution in [0.5, 0.6) is 5.75 Å². The van der Waals surface area contributed by atoms with Gasteiger partial charge in [0.1, 0.15) is 5.75 Å². The van der Waals surface area contributed by atoms with E-state index in [0.717, 1.165) is 31.4 Å². The molecule has 2 nitrogen and oxygen atoms in total. The minimum Gasteiger partial charge on any atom is -0.493 e. The Kier molecular flexibility index (Phi) is 6.10. The van der Waals surface area contributed by atoms with Crippen LogP contribution in [-0.4, -0.2) is 13.2 Å². The molecule has 0 heterocycles.